The monoisotopic (exact) mass is 467 g/mol. The Morgan fingerprint density at radius 2 is 1.47 bits per heavy atom. The lowest BCUT2D eigenvalue weighted by Gasteiger charge is -2.31. The van der Waals surface area contributed by atoms with E-state index in [4.69, 9.17) is 0 Å². The molecule has 0 amide bonds. The van der Waals surface area contributed by atoms with Crippen LogP contribution in [0.1, 0.15) is 34.2 Å². The van der Waals surface area contributed by atoms with E-state index in [1.807, 2.05) is 0 Å². The molecule has 0 unspecified atom stereocenters. The number of fused-ring (bicyclic) bond motifs is 2. The van der Waals surface area contributed by atoms with Crippen LogP contribution in [0.4, 0.5) is 5.69 Å². The highest BCUT2D eigenvalue weighted by Gasteiger charge is 2.17. The molecule has 0 radical (unpaired) electrons. The Kier molecular flexibility index (Phi) is 6.33. The highest BCUT2D eigenvalue weighted by atomic mass is 15.1. The van der Waals surface area contributed by atoms with Gasteiger partial charge in [0.15, 0.2) is 12.7 Å². The minimum Gasteiger partial charge on any atom is -0.367 e. The lowest BCUT2D eigenvalue weighted by Crippen LogP contribution is -2.34. The second-order valence-corrected chi connectivity index (χ2v) is 9.63. The molecule has 176 valence electrons. The number of hydrogen-bond acceptors (Lipinski definition) is 1. The van der Waals surface area contributed by atoms with Gasteiger partial charge in [-0.1, -0.05) is 91.0 Å². The minimum atomic E-state index is 0.871. The third-order valence-corrected chi connectivity index (χ3v) is 7.14. The number of pyridine rings is 1. The highest BCUT2D eigenvalue weighted by molar-refractivity contribution is 5.88. The molecule has 2 nitrogen and oxygen atoms in total. The summed E-state index contributed by atoms with van der Waals surface area (Å²) >= 11 is 0. The molecular weight excluding hydrogens is 436 g/mol. The van der Waals surface area contributed by atoms with Gasteiger partial charge < -0.3 is 4.90 Å². The molecule has 0 atom stereocenters. The first-order valence-electron chi connectivity index (χ1n) is 12.9. The van der Waals surface area contributed by atoms with Gasteiger partial charge in [0.2, 0.25) is 5.52 Å². The maximum atomic E-state index is 2.53. The number of aromatic nitrogens is 1. The average Bonchev–Trinajstić information content (AvgIpc) is 2.94. The SMILES string of the molecule is C(=Cc1cc[n+](Cc2ccccc2)c2ccccc12)c1ccc2c(c1)CCCN2Cc1ccccc1. The first kappa shape index (κ1) is 22.3. The third-order valence-electron chi connectivity index (χ3n) is 7.14. The number of para-hydroxylation sites is 1. The van der Waals surface area contributed by atoms with Gasteiger partial charge >= 0.3 is 0 Å². The van der Waals surface area contributed by atoms with Crippen LogP contribution in [-0.4, -0.2) is 6.54 Å². The van der Waals surface area contributed by atoms with Crippen LogP contribution in [0.15, 0.2) is 115 Å². The van der Waals surface area contributed by atoms with Crippen LogP contribution in [0.2, 0.25) is 0 Å². The van der Waals surface area contributed by atoms with Gasteiger partial charge in [-0.3, -0.25) is 0 Å². The molecular formula is C34H31N2+. The van der Waals surface area contributed by atoms with Gasteiger partial charge in [0.1, 0.15) is 0 Å². The smallest absolute Gasteiger partial charge is 0.213 e. The number of hydrogen-bond donors (Lipinski definition) is 0. The fourth-order valence-electron chi connectivity index (χ4n) is 5.32. The number of rotatable bonds is 6. The van der Waals surface area contributed by atoms with Crippen LogP contribution in [0.25, 0.3) is 23.1 Å². The fourth-order valence-corrected chi connectivity index (χ4v) is 5.32. The van der Waals surface area contributed by atoms with Gasteiger partial charge in [-0.25, -0.2) is 0 Å². The molecule has 0 aliphatic carbocycles. The number of aryl methyl sites for hydroxylation is 1. The summed E-state index contributed by atoms with van der Waals surface area (Å²) in [6, 6.07) is 39.3. The quantitative estimate of drug-likeness (QED) is 0.238. The second-order valence-electron chi connectivity index (χ2n) is 9.63. The van der Waals surface area contributed by atoms with Gasteiger partial charge in [-0.15, -0.1) is 0 Å². The first-order chi connectivity index (χ1) is 17.8. The first-order valence-corrected chi connectivity index (χ1v) is 12.9. The average molecular weight is 468 g/mol. The molecule has 1 aliphatic heterocycles. The van der Waals surface area contributed by atoms with Gasteiger partial charge in [-0.2, -0.15) is 4.57 Å². The van der Waals surface area contributed by atoms with E-state index in [1.165, 1.54) is 50.8 Å². The van der Waals surface area contributed by atoms with Crippen molar-refractivity contribution < 1.29 is 4.57 Å². The van der Waals surface area contributed by atoms with Crippen molar-refractivity contribution >= 4 is 28.7 Å². The summed E-state index contributed by atoms with van der Waals surface area (Å²) < 4.78 is 2.34. The van der Waals surface area contributed by atoms with Gasteiger partial charge in [-0.05, 0) is 53.3 Å². The van der Waals surface area contributed by atoms with Crippen molar-refractivity contribution in [3.8, 4) is 0 Å². The van der Waals surface area contributed by atoms with Crippen LogP contribution in [0, 0.1) is 0 Å². The Balaban J connectivity index is 1.26. The van der Waals surface area contributed by atoms with Crippen molar-refractivity contribution in [2.45, 2.75) is 25.9 Å². The molecule has 0 bridgehead atoms. The summed E-state index contributed by atoms with van der Waals surface area (Å²) in [5.41, 5.74) is 9.29. The molecule has 0 saturated heterocycles. The molecule has 2 heteroatoms. The molecule has 0 N–H and O–H groups in total. The Morgan fingerprint density at radius 3 is 2.31 bits per heavy atom. The number of benzene rings is 4. The maximum Gasteiger partial charge on any atom is 0.213 e. The molecule has 5 aromatic rings. The third kappa shape index (κ3) is 4.81. The van der Waals surface area contributed by atoms with Crippen molar-refractivity contribution in [3.63, 3.8) is 0 Å². The molecule has 0 saturated carbocycles. The zero-order chi connectivity index (χ0) is 24.2. The Morgan fingerprint density at radius 1 is 0.722 bits per heavy atom. The molecule has 0 fully saturated rings. The summed E-state index contributed by atoms with van der Waals surface area (Å²) in [5.74, 6) is 0. The van der Waals surface area contributed by atoms with Gasteiger partial charge in [0.25, 0.3) is 0 Å². The molecule has 1 aromatic heterocycles. The lowest BCUT2D eigenvalue weighted by molar-refractivity contribution is -0.662. The van der Waals surface area contributed by atoms with Crippen LogP contribution < -0.4 is 9.47 Å². The zero-order valence-corrected chi connectivity index (χ0v) is 20.6. The van der Waals surface area contributed by atoms with E-state index >= 15 is 0 Å². The van der Waals surface area contributed by atoms with Crippen molar-refractivity contribution in [3.05, 3.63) is 143 Å². The summed E-state index contributed by atoms with van der Waals surface area (Å²) in [6.45, 7) is 2.97. The summed E-state index contributed by atoms with van der Waals surface area (Å²) in [7, 11) is 0. The number of anilines is 1. The topological polar surface area (TPSA) is 7.12 Å². The van der Waals surface area contributed by atoms with Crippen molar-refractivity contribution in [2.24, 2.45) is 0 Å². The van der Waals surface area contributed by atoms with Crippen molar-refractivity contribution in [1.82, 2.24) is 0 Å². The molecule has 1 aliphatic rings. The molecule has 4 aromatic carbocycles. The highest BCUT2D eigenvalue weighted by Crippen LogP contribution is 2.30. The molecule has 6 rings (SSSR count). The van der Waals surface area contributed by atoms with Crippen LogP contribution in [-0.2, 0) is 19.5 Å². The van der Waals surface area contributed by atoms with E-state index in [-0.39, 0.29) is 0 Å². The molecule has 2 heterocycles. The summed E-state index contributed by atoms with van der Waals surface area (Å²) in [6.07, 6.45) is 9.10. The molecule has 0 spiro atoms. The van der Waals surface area contributed by atoms with Crippen molar-refractivity contribution in [1.29, 1.82) is 0 Å². The van der Waals surface area contributed by atoms with Crippen LogP contribution >= 0.6 is 0 Å². The van der Waals surface area contributed by atoms with E-state index in [0.29, 0.717) is 0 Å². The van der Waals surface area contributed by atoms with E-state index in [1.54, 1.807) is 0 Å². The lowest BCUT2D eigenvalue weighted by atomic mass is 9.98. The standard InChI is InChI=1S/C34H31N2/c1-3-10-28(11-4-1)25-35-22-9-14-31-24-27(18-20-33(31)35)17-19-30-21-23-36(26-29-12-5-2-6-13-29)34-16-8-7-15-32(30)34/h1-8,10-13,15-21,23-24H,9,14,22,25-26H2/q+1. The van der Waals surface area contributed by atoms with Crippen LogP contribution in [0.5, 0.6) is 0 Å². The maximum absolute atomic E-state index is 2.53. The predicted octanol–water partition coefficient (Wildman–Crippen LogP) is 7.30. The second kappa shape index (κ2) is 10.2. The van der Waals surface area contributed by atoms with E-state index in [9.17, 15) is 0 Å². The van der Waals surface area contributed by atoms with Crippen LogP contribution in [0.3, 0.4) is 0 Å². The van der Waals surface area contributed by atoms with E-state index < -0.39 is 0 Å². The zero-order valence-electron chi connectivity index (χ0n) is 20.6. The largest absolute Gasteiger partial charge is 0.367 e. The van der Waals surface area contributed by atoms with Gasteiger partial charge in [0.05, 0.1) is 5.39 Å². The number of nitrogens with zero attached hydrogens (tertiary/aromatic N) is 2. The summed E-state index contributed by atoms with van der Waals surface area (Å²) in [4.78, 5) is 2.53. The Labute approximate surface area is 213 Å². The predicted molar refractivity (Wildman–Crippen MR) is 151 cm³/mol. The Hall–Kier alpha value is -4.17. The van der Waals surface area contributed by atoms with E-state index in [2.05, 4.69) is 137 Å². The fraction of sp³-hybridized carbons (Fsp3) is 0.147. The van der Waals surface area contributed by atoms with Crippen molar-refractivity contribution in [2.75, 3.05) is 11.4 Å². The Bertz CT molecular complexity index is 1500. The molecule has 36 heavy (non-hydrogen) atoms. The van der Waals surface area contributed by atoms with Gasteiger partial charge in [0, 0.05) is 36.5 Å². The van der Waals surface area contributed by atoms with E-state index in [0.717, 1.165) is 26.1 Å². The summed E-state index contributed by atoms with van der Waals surface area (Å²) in [5, 5.41) is 1.28. The minimum absolute atomic E-state index is 0.871. The normalized spacial score (nSPS) is 13.3.